The van der Waals surface area contributed by atoms with Crippen LogP contribution in [0.3, 0.4) is 0 Å². The highest BCUT2D eigenvalue weighted by Crippen LogP contribution is 2.24. The lowest BCUT2D eigenvalue weighted by Crippen LogP contribution is -1.85. The van der Waals surface area contributed by atoms with Crippen LogP contribution in [0.15, 0.2) is 35.6 Å². The van der Waals surface area contributed by atoms with Gasteiger partial charge in [0.05, 0.1) is 6.61 Å². The SMILES string of the molecule is C=C(C)C1=C(/C=C\C)CCO1.CC. The lowest BCUT2D eigenvalue weighted by Gasteiger charge is -2.01. The third kappa shape index (κ3) is 3.49. The Bertz CT molecular complexity index is 221. The summed E-state index contributed by atoms with van der Waals surface area (Å²) in [5.74, 6) is 0.989. The van der Waals surface area contributed by atoms with Gasteiger partial charge >= 0.3 is 0 Å². The first-order chi connectivity index (χ1) is 6.25. The van der Waals surface area contributed by atoms with Gasteiger partial charge in [-0.3, -0.25) is 0 Å². The van der Waals surface area contributed by atoms with Gasteiger partial charge in [0.2, 0.25) is 0 Å². The molecule has 0 spiro atoms. The maximum atomic E-state index is 5.41. The molecule has 0 amide bonds. The molecule has 74 valence electrons. The summed E-state index contributed by atoms with van der Waals surface area (Å²) < 4.78 is 5.41. The molecular weight excluding hydrogens is 160 g/mol. The molecule has 0 aromatic rings. The fourth-order valence-electron chi connectivity index (χ4n) is 1.23. The smallest absolute Gasteiger partial charge is 0.124 e. The van der Waals surface area contributed by atoms with Crippen molar-refractivity contribution in [3.63, 3.8) is 0 Å². The molecule has 1 nitrogen and oxygen atoms in total. The van der Waals surface area contributed by atoms with Gasteiger partial charge in [0.15, 0.2) is 0 Å². The summed E-state index contributed by atoms with van der Waals surface area (Å²) in [6, 6.07) is 0. The van der Waals surface area contributed by atoms with Crippen LogP contribution in [-0.2, 0) is 4.74 Å². The Morgan fingerprint density at radius 2 is 2.08 bits per heavy atom. The predicted molar refractivity (Wildman–Crippen MR) is 58.6 cm³/mol. The maximum absolute atomic E-state index is 5.41. The van der Waals surface area contributed by atoms with Crippen LogP contribution in [-0.4, -0.2) is 6.61 Å². The molecule has 0 bridgehead atoms. The van der Waals surface area contributed by atoms with Crippen molar-refractivity contribution < 1.29 is 4.74 Å². The number of ether oxygens (including phenoxy) is 1. The zero-order valence-electron chi connectivity index (χ0n) is 9.18. The Hall–Kier alpha value is -0.980. The van der Waals surface area contributed by atoms with Gasteiger partial charge in [-0.2, -0.15) is 0 Å². The van der Waals surface area contributed by atoms with E-state index in [1.165, 1.54) is 5.57 Å². The standard InChI is InChI=1S/C10H14O.C2H6/c1-4-5-9-6-7-11-10(9)8(2)3;1-2/h4-5H,2,6-7H2,1,3H3;1-2H3/b5-4-;. The number of rotatable bonds is 2. The minimum atomic E-state index is 0.807. The second kappa shape index (κ2) is 6.53. The highest BCUT2D eigenvalue weighted by Gasteiger charge is 2.13. The molecule has 0 N–H and O–H groups in total. The van der Waals surface area contributed by atoms with Crippen LogP contribution in [0.25, 0.3) is 0 Å². The van der Waals surface area contributed by atoms with Crippen LogP contribution in [0.1, 0.15) is 34.1 Å². The molecule has 0 fully saturated rings. The molecule has 0 atom stereocenters. The first-order valence-electron chi connectivity index (χ1n) is 4.90. The molecule has 0 aromatic carbocycles. The van der Waals surface area contributed by atoms with Crippen LogP contribution in [0.5, 0.6) is 0 Å². The molecule has 0 aliphatic carbocycles. The van der Waals surface area contributed by atoms with Crippen molar-refractivity contribution in [2.45, 2.75) is 34.1 Å². The Labute approximate surface area is 81.8 Å². The molecule has 0 unspecified atom stereocenters. The Morgan fingerprint density at radius 1 is 1.46 bits per heavy atom. The first kappa shape index (κ1) is 12.0. The van der Waals surface area contributed by atoms with E-state index in [1.807, 2.05) is 33.8 Å². The van der Waals surface area contributed by atoms with Crippen LogP contribution < -0.4 is 0 Å². The van der Waals surface area contributed by atoms with Gasteiger partial charge in [-0.05, 0) is 25.0 Å². The third-order valence-electron chi connectivity index (χ3n) is 1.66. The number of hydrogen-bond donors (Lipinski definition) is 0. The van der Waals surface area contributed by atoms with Crippen molar-refractivity contribution in [1.29, 1.82) is 0 Å². The summed E-state index contributed by atoms with van der Waals surface area (Å²) >= 11 is 0. The van der Waals surface area contributed by atoms with E-state index in [9.17, 15) is 0 Å². The molecular formula is C12H20O. The van der Waals surface area contributed by atoms with Gasteiger partial charge in [-0.1, -0.05) is 32.6 Å². The van der Waals surface area contributed by atoms with Crippen molar-refractivity contribution in [3.8, 4) is 0 Å². The second-order valence-corrected chi connectivity index (χ2v) is 2.73. The van der Waals surface area contributed by atoms with Gasteiger partial charge in [-0.25, -0.2) is 0 Å². The molecule has 1 aliphatic heterocycles. The summed E-state index contributed by atoms with van der Waals surface area (Å²) in [5, 5.41) is 0. The molecule has 0 aromatic heterocycles. The average Bonchev–Trinajstić information content (AvgIpc) is 2.57. The quantitative estimate of drug-likeness (QED) is 0.627. The molecule has 1 aliphatic rings. The summed E-state index contributed by atoms with van der Waals surface area (Å²) in [7, 11) is 0. The summed E-state index contributed by atoms with van der Waals surface area (Å²) in [4.78, 5) is 0. The molecule has 0 saturated heterocycles. The third-order valence-corrected chi connectivity index (χ3v) is 1.66. The maximum Gasteiger partial charge on any atom is 0.124 e. The number of hydrogen-bond acceptors (Lipinski definition) is 1. The fraction of sp³-hybridized carbons (Fsp3) is 0.500. The van der Waals surface area contributed by atoms with Gasteiger partial charge in [0, 0.05) is 6.42 Å². The lowest BCUT2D eigenvalue weighted by atomic mass is 10.1. The van der Waals surface area contributed by atoms with Crippen LogP contribution in [0.2, 0.25) is 0 Å². The second-order valence-electron chi connectivity index (χ2n) is 2.73. The van der Waals surface area contributed by atoms with Crippen molar-refractivity contribution >= 4 is 0 Å². The van der Waals surface area contributed by atoms with Crippen molar-refractivity contribution in [3.05, 3.63) is 35.6 Å². The average molecular weight is 180 g/mol. The Kier molecular flexibility index (Phi) is 6.03. The predicted octanol–water partition coefficient (Wildman–Crippen LogP) is 3.84. The lowest BCUT2D eigenvalue weighted by molar-refractivity contribution is 0.252. The van der Waals surface area contributed by atoms with E-state index in [-0.39, 0.29) is 0 Å². The van der Waals surface area contributed by atoms with Gasteiger partial charge in [0.25, 0.3) is 0 Å². The van der Waals surface area contributed by atoms with E-state index < -0.39 is 0 Å². The molecule has 1 rings (SSSR count). The van der Waals surface area contributed by atoms with Crippen LogP contribution in [0.4, 0.5) is 0 Å². The highest BCUT2D eigenvalue weighted by molar-refractivity contribution is 5.35. The van der Waals surface area contributed by atoms with E-state index in [2.05, 4.69) is 12.7 Å². The normalized spacial score (nSPS) is 15.4. The van der Waals surface area contributed by atoms with E-state index >= 15 is 0 Å². The fourth-order valence-corrected chi connectivity index (χ4v) is 1.23. The van der Waals surface area contributed by atoms with E-state index in [1.54, 1.807) is 0 Å². The summed E-state index contributed by atoms with van der Waals surface area (Å²) in [6.45, 7) is 12.7. The zero-order valence-corrected chi connectivity index (χ0v) is 9.18. The minimum absolute atomic E-state index is 0.807. The Balaban J connectivity index is 0.000000671. The molecule has 0 radical (unpaired) electrons. The van der Waals surface area contributed by atoms with Crippen molar-refractivity contribution in [2.24, 2.45) is 0 Å². The monoisotopic (exact) mass is 180 g/mol. The van der Waals surface area contributed by atoms with Crippen molar-refractivity contribution in [1.82, 2.24) is 0 Å². The van der Waals surface area contributed by atoms with Crippen molar-refractivity contribution in [2.75, 3.05) is 6.61 Å². The zero-order chi connectivity index (χ0) is 10.3. The first-order valence-corrected chi connectivity index (χ1v) is 4.90. The molecule has 1 heteroatoms. The molecule has 13 heavy (non-hydrogen) atoms. The Morgan fingerprint density at radius 3 is 2.54 bits per heavy atom. The van der Waals surface area contributed by atoms with E-state index in [0.717, 1.165) is 24.4 Å². The largest absolute Gasteiger partial charge is 0.493 e. The van der Waals surface area contributed by atoms with Crippen LogP contribution in [0, 0.1) is 0 Å². The van der Waals surface area contributed by atoms with Gasteiger partial charge in [-0.15, -0.1) is 0 Å². The van der Waals surface area contributed by atoms with E-state index in [0.29, 0.717) is 0 Å². The van der Waals surface area contributed by atoms with Gasteiger partial charge in [0.1, 0.15) is 5.76 Å². The topological polar surface area (TPSA) is 9.23 Å². The minimum Gasteiger partial charge on any atom is -0.493 e. The van der Waals surface area contributed by atoms with E-state index in [4.69, 9.17) is 4.74 Å². The molecule has 1 heterocycles. The van der Waals surface area contributed by atoms with Gasteiger partial charge < -0.3 is 4.74 Å². The summed E-state index contributed by atoms with van der Waals surface area (Å²) in [6.07, 6.45) is 5.15. The number of allylic oxidation sites excluding steroid dienone is 3. The summed E-state index contributed by atoms with van der Waals surface area (Å²) in [5.41, 5.74) is 2.30. The van der Waals surface area contributed by atoms with Crippen LogP contribution >= 0.6 is 0 Å². The molecule has 0 saturated carbocycles. The highest BCUT2D eigenvalue weighted by atomic mass is 16.5.